The Morgan fingerprint density at radius 2 is 1.42 bits per heavy atom. The van der Waals surface area contributed by atoms with Crippen molar-refractivity contribution in [3.63, 3.8) is 0 Å². The molecule has 0 saturated carbocycles. The van der Waals surface area contributed by atoms with Gasteiger partial charge in [0.1, 0.15) is 0 Å². The highest BCUT2D eigenvalue weighted by Gasteiger charge is 2.19. The number of carbonyl (C=O) groups excluding carboxylic acids is 1. The van der Waals surface area contributed by atoms with Crippen molar-refractivity contribution in [2.75, 3.05) is 26.2 Å². The summed E-state index contributed by atoms with van der Waals surface area (Å²) in [6.07, 6.45) is 4.64. The topological polar surface area (TPSA) is 32.3 Å². The van der Waals surface area contributed by atoms with Gasteiger partial charge in [-0.15, -0.1) is 0 Å². The molecule has 0 aromatic heterocycles. The molecule has 1 aliphatic rings. The predicted molar refractivity (Wildman–Crippen MR) is 138 cm³/mol. The molecule has 4 aromatic rings. The minimum atomic E-state index is 0.0220. The van der Waals surface area contributed by atoms with Crippen LogP contribution in [0.15, 0.2) is 84.9 Å². The highest BCUT2D eigenvalue weighted by molar-refractivity contribution is 6.02. The van der Waals surface area contributed by atoms with E-state index in [9.17, 15) is 4.79 Å². The maximum atomic E-state index is 12.7. The van der Waals surface area contributed by atoms with Crippen molar-refractivity contribution in [1.82, 2.24) is 10.2 Å². The zero-order valence-corrected chi connectivity index (χ0v) is 19.2. The third kappa shape index (κ3) is 5.26. The lowest BCUT2D eigenvalue weighted by Gasteiger charge is -2.32. The maximum Gasteiger partial charge on any atom is 0.251 e. The van der Waals surface area contributed by atoms with Gasteiger partial charge < -0.3 is 10.2 Å². The average Bonchev–Trinajstić information content (AvgIpc) is 2.87. The van der Waals surface area contributed by atoms with Crippen LogP contribution in [0.5, 0.6) is 0 Å². The summed E-state index contributed by atoms with van der Waals surface area (Å²) in [4.78, 5) is 15.2. The van der Waals surface area contributed by atoms with E-state index >= 15 is 0 Å². The van der Waals surface area contributed by atoms with Crippen LogP contribution in [0.3, 0.4) is 0 Å². The van der Waals surface area contributed by atoms with Crippen molar-refractivity contribution in [2.24, 2.45) is 0 Å². The molecule has 1 N–H and O–H groups in total. The van der Waals surface area contributed by atoms with E-state index in [2.05, 4.69) is 83.0 Å². The summed E-state index contributed by atoms with van der Waals surface area (Å²) >= 11 is 0. The molecule has 168 valence electrons. The zero-order chi connectivity index (χ0) is 22.5. The van der Waals surface area contributed by atoms with Gasteiger partial charge in [-0.3, -0.25) is 4.79 Å². The first kappa shape index (κ1) is 21.7. The molecule has 1 heterocycles. The van der Waals surface area contributed by atoms with Crippen LogP contribution in [0.2, 0.25) is 0 Å². The summed E-state index contributed by atoms with van der Waals surface area (Å²) in [6.45, 7) is 4.21. The number of fused-ring (bicyclic) bond motifs is 2. The van der Waals surface area contributed by atoms with Crippen molar-refractivity contribution in [1.29, 1.82) is 0 Å². The van der Waals surface area contributed by atoms with Crippen molar-refractivity contribution in [2.45, 2.75) is 31.6 Å². The predicted octanol–water partition coefficient (Wildman–Crippen LogP) is 6.38. The van der Waals surface area contributed by atoms with E-state index in [-0.39, 0.29) is 5.91 Å². The maximum absolute atomic E-state index is 12.7. The van der Waals surface area contributed by atoms with Gasteiger partial charge >= 0.3 is 0 Å². The van der Waals surface area contributed by atoms with Crippen LogP contribution in [-0.4, -0.2) is 37.0 Å². The van der Waals surface area contributed by atoms with E-state index < -0.39 is 0 Å². The van der Waals surface area contributed by atoms with Crippen LogP contribution in [-0.2, 0) is 0 Å². The molecule has 1 amide bonds. The fraction of sp³-hybridized carbons (Fsp3) is 0.300. The molecule has 0 aliphatic carbocycles. The molecule has 3 heteroatoms. The van der Waals surface area contributed by atoms with E-state index in [1.165, 1.54) is 47.7 Å². The number of carbonyl (C=O) groups is 1. The molecule has 1 fully saturated rings. The molecule has 0 radical (unpaired) electrons. The monoisotopic (exact) mass is 436 g/mol. The molecule has 33 heavy (non-hydrogen) atoms. The minimum absolute atomic E-state index is 0.0220. The Morgan fingerprint density at radius 1 is 0.758 bits per heavy atom. The summed E-state index contributed by atoms with van der Waals surface area (Å²) in [5, 5.41) is 7.82. The summed E-state index contributed by atoms with van der Waals surface area (Å²) in [5.41, 5.74) is 2.22. The Morgan fingerprint density at radius 3 is 2.18 bits per heavy atom. The molecule has 0 atom stereocenters. The molecule has 0 unspecified atom stereocenters. The summed E-state index contributed by atoms with van der Waals surface area (Å²) in [6, 6.07) is 29.6. The molecule has 1 aliphatic heterocycles. The molecule has 0 spiro atoms. The lowest BCUT2D eigenvalue weighted by Crippen LogP contribution is -2.34. The Balaban J connectivity index is 1.06. The van der Waals surface area contributed by atoms with Gasteiger partial charge in [0.15, 0.2) is 0 Å². The largest absolute Gasteiger partial charge is 0.352 e. The number of rotatable bonds is 7. The third-order valence-electron chi connectivity index (χ3n) is 7.01. The van der Waals surface area contributed by atoms with Crippen LogP contribution < -0.4 is 5.32 Å². The van der Waals surface area contributed by atoms with Gasteiger partial charge in [0.2, 0.25) is 0 Å². The van der Waals surface area contributed by atoms with Crippen molar-refractivity contribution in [3.05, 3.63) is 96.1 Å². The van der Waals surface area contributed by atoms with Gasteiger partial charge in [0.05, 0.1) is 0 Å². The second-order valence-corrected chi connectivity index (χ2v) is 9.25. The van der Waals surface area contributed by atoms with Crippen LogP contribution >= 0.6 is 0 Å². The van der Waals surface area contributed by atoms with Gasteiger partial charge in [-0.05, 0) is 103 Å². The second kappa shape index (κ2) is 10.2. The van der Waals surface area contributed by atoms with Gasteiger partial charge in [-0.1, -0.05) is 60.7 Å². The van der Waals surface area contributed by atoms with Gasteiger partial charge in [-0.25, -0.2) is 0 Å². The lowest BCUT2D eigenvalue weighted by molar-refractivity contribution is 0.0952. The van der Waals surface area contributed by atoms with Crippen molar-refractivity contribution >= 4 is 27.5 Å². The van der Waals surface area contributed by atoms with Gasteiger partial charge in [0.25, 0.3) is 5.91 Å². The average molecular weight is 437 g/mol. The number of nitrogens with one attached hydrogen (secondary N) is 1. The molecule has 5 rings (SSSR count). The SMILES string of the molecule is O=C(NCCCCN1CCC(c2ccccc2)CC1)c1ccc2cc3ccccc3cc2c1. The second-order valence-electron chi connectivity index (χ2n) is 9.25. The van der Waals surface area contributed by atoms with Crippen LogP contribution in [0.1, 0.15) is 47.5 Å². The molecule has 1 saturated heterocycles. The molecular weight excluding hydrogens is 404 g/mol. The number of hydrogen-bond donors (Lipinski definition) is 1. The van der Waals surface area contributed by atoms with E-state index in [4.69, 9.17) is 0 Å². The molecular formula is C30H32N2O. The lowest BCUT2D eigenvalue weighted by atomic mass is 9.89. The highest BCUT2D eigenvalue weighted by Crippen LogP contribution is 2.28. The van der Waals surface area contributed by atoms with E-state index in [1.54, 1.807) is 0 Å². The number of benzene rings is 4. The Kier molecular flexibility index (Phi) is 6.68. The summed E-state index contributed by atoms with van der Waals surface area (Å²) < 4.78 is 0. The number of nitrogens with zero attached hydrogens (tertiary/aromatic N) is 1. The van der Waals surface area contributed by atoms with Crippen molar-refractivity contribution < 1.29 is 4.79 Å². The van der Waals surface area contributed by atoms with Crippen LogP contribution in [0, 0.1) is 0 Å². The first-order valence-corrected chi connectivity index (χ1v) is 12.2. The number of hydrogen-bond acceptors (Lipinski definition) is 2. The van der Waals surface area contributed by atoms with E-state index in [1.807, 2.05) is 12.1 Å². The first-order chi connectivity index (χ1) is 16.3. The van der Waals surface area contributed by atoms with E-state index in [0.717, 1.165) is 36.9 Å². The van der Waals surface area contributed by atoms with E-state index in [0.29, 0.717) is 5.92 Å². The number of amides is 1. The minimum Gasteiger partial charge on any atom is -0.352 e. The normalized spacial score (nSPS) is 15.2. The standard InChI is InChI=1S/C30H32N2O/c33-30(28-13-12-27-20-25-10-4-5-11-26(25)21-29(27)22-28)31-16-6-7-17-32-18-14-24(15-19-32)23-8-2-1-3-9-23/h1-5,8-13,20-22,24H,6-7,14-19H2,(H,31,33). The third-order valence-corrected chi connectivity index (χ3v) is 7.01. The quantitative estimate of drug-likeness (QED) is 0.269. The number of unbranched alkanes of at least 4 members (excludes halogenated alkanes) is 1. The summed E-state index contributed by atoms with van der Waals surface area (Å²) in [7, 11) is 0. The van der Waals surface area contributed by atoms with Gasteiger partial charge in [-0.2, -0.15) is 0 Å². The molecule has 3 nitrogen and oxygen atoms in total. The molecule has 4 aromatic carbocycles. The first-order valence-electron chi connectivity index (χ1n) is 12.2. The fourth-order valence-corrected chi connectivity index (χ4v) is 5.06. The summed E-state index contributed by atoms with van der Waals surface area (Å²) in [5.74, 6) is 0.732. The van der Waals surface area contributed by atoms with Crippen LogP contribution in [0.25, 0.3) is 21.5 Å². The number of piperidine rings is 1. The zero-order valence-electron chi connectivity index (χ0n) is 19.2. The number of likely N-dealkylation sites (tertiary alicyclic amines) is 1. The molecule has 0 bridgehead atoms. The Labute approximate surface area is 196 Å². The fourth-order valence-electron chi connectivity index (χ4n) is 5.06. The Bertz CT molecular complexity index is 1230. The van der Waals surface area contributed by atoms with Crippen LogP contribution in [0.4, 0.5) is 0 Å². The van der Waals surface area contributed by atoms with Gasteiger partial charge in [0, 0.05) is 12.1 Å². The Hall–Kier alpha value is -3.17. The smallest absolute Gasteiger partial charge is 0.251 e. The highest BCUT2D eigenvalue weighted by atomic mass is 16.1. The van der Waals surface area contributed by atoms with Crippen molar-refractivity contribution in [3.8, 4) is 0 Å².